The van der Waals surface area contributed by atoms with Crippen LogP contribution >= 0.6 is 0 Å². The van der Waals surface area contributed by atoms with Gasteiger partial charge in [-0.05, 0) is 67.4 Å². The van der Waals surface area contributed by atoms with E-state index in [0.29, 0.717) is 40.6 Å². The minimum atomic E-state index is 0.303. The molecular weight excluding hydrogens is 348 g/mol. The lowest BCUT2D eigenvalue weighted by molar-refractivity contribution is -0.0591. The van der Waals surface area contributed by atoms with Gasteiger partial charge in [0.05, 0.1) is 6.20 Å². The van der Waals surface area contributed by atoms with E-state index in [1.807, 2.05) is 30.3 Å². The van der Waals surface area contributed by atoms with Crippen LogP contribution in [0.25, 0.3) is 0 Å². The molecule has 0 saturated heterocycles. The highest BCUT2D eigenvalue weighted by molar-refractivity contribution is 5.58. The van der Waals surface area contributed by atoms with E-state index in [-0.39, 0.29) is 0 Å². The standard InChI is InChI=1S/C22H26N6/c23-11-17-12-25-21(27-18-4-2-1-3-5-18)28-20(17)26-13-22-8-14-6-15(9-22)19(24)16(7-14)10-22/h1-5,12,14-16,19H,6-10,13,24H2,(H2,25,26,27,28)/t14?,15-,16+,19?,22?. The van der Waals surface area contributed by atoms with Crippen LogP contribution in [0, 0.1) is 34.5 Å². The average Bonchev–Trinajstić information content (AvgIpc) is 2.71. The highest BCUT2D eigenvalue weighted by atomic mass is 15.1. The van der Waals surface area contributed by atoms with Gasteiger partial charge >= 0.3 is 0 Å². The van der Waals surface area contributed by atoms with E-state index in [0.717, 1.165) is 18.2 Å². The fraction of sp³-hybridized carbons (Fsp3) is 0.500. The van der Waals surface area contributed by atoms with Crippen LogP contribution in [0.5, 0.6) is 0 Å². The molecule has 0 spiro atoms. The molecule has 4 N–H and O–H groups in total. The summed E-state index contributed by atoms with van der Waals surface area (Å²) >= 11 is 0. The van der Waals surface area contributed by atoms with Crippen molar-refractivity contribution in [3.63, 3.8) is 0 Å². The molecule has 1 heterocycles. The first-order chi connectivity index (χ1) is 13.6. The Morgan fingerprint density at radius 2 is 1.89 bits per heavy atom. The lowest BCUT2D eigenvalue weighted by Crippen LogP contribution is -2.58. The molecule has 4 aliphatic carbocycles. The molecule has 4 fully saturated rings. The van der Waals surface area contributed by atoms with E-state index >= 15 is 0 Å². The molecule has 5 atom stereocenters. The summed E-state index contributed by atoms with van der Waals surface area (Å²) in [6.07, 6.45) is 7.90. The number of benzene rings is 1. The molecule has 0 amide bonds. The molecule has 0 radical (unpaired) electrons. The number of nitrogens with two attached hydrogens (primary N) is 1. The highest BCUT2D eigenvalue weighted by Crippen LogP contribution is 2.59. The summed E-state index contributed by atoms with van der Waals surface area (Å²) in [6, 6.07) is 12.4. The fourth-order valence-electron chi connectivity index (χ4n) is 6.03. The maximum atomic E-state index is 9.49. The summed E-state index contributed by atoms with van der Waals surface area (Å²) in [5, 5.41) is 16.2. The van der Waals surface area contributed by atoms with Gasteiger partial charge in [0.2, 0.25) is 5.95 Å². The topological polar surface area (TPSA) is 99.6 Å². The maximum absolute atomic E-state index is 9.49. The number of anilines is 3. The van der Waals surface area contributed by atoms with Crippen LogP contribution < -0.4 is 16.4 Å². The van der Waals surface area contributed by atoms with Gasteiger partial charge in [0.15, 0.2) is 0 Å². The molecule has 4 bridgehead atoms. The molecular formula is C22H26N6. The molecule has 1 aromatic heterocycles. The van der Waals surface area contributed by atoms with Crippen molar-refractivity contribution < 1.29 is 0 Å². The molecule has 6 nitrogen and oxygen atoms in total. The lowest BCUT2D eigenvalue weighted by Gasteiger charge is -2.59. The van der Waals surface area contributed by atoms with E-state index in [1.54, 1.807) is 6.20 Å². The summed E-state index contributed by atoms with van der Waals surface area (Å²) in [4.78, 5) is 8.88. The number of nitrogens with one attached hydrogen (secondary N) is 2. The number of para-hydroxylation sites is 1. The van der Waals surface area contributed by atoms with Crippen LogP contribution in [0.3, 0.4) is 0 Å². The van der Waals surface area contributed by atoms with Gasteiger partial charge in [-0.2, -0.15) is 10.2 Å². The third-order valence-electron chi connectivity index (χ3n) is 7.04. The minimum absolute atomic E-state index is 0.303. The van der Waals surface area contributed by atoms with E-state index in [2.05, 4.69) is 26.7 Å². The summed E-state index contributed by atoms with van der Waals surface area (Å²) in [7, 11) is 0. The Morgan fingerprint density at radius 1 is 1.14 bits per heavy atom. The summed E-state index contributed by atoms with van der Waals surface area (Å²) in [6.45, 7) is 0.861. The molecule has 28 heavy (non-hydrogen) atoms. The molecule has 144 valence electrons. The smallest absolute Gasteiger partial charge is 0.229 e. The highest BCUT2D eigenvalue weighted by Gasteiger charge is 2.54. The van der Waals surface area contributed by atoms with Gasteiger partial charge in [-0.25, -0.2) is 4.98 Å². The molecule has 6 rings (SSSR count). The SMILES string of the molecule is N#Cc1cnc(Nc2ccccc2)nc1NCC12CC3C[C@H](C1)C(N)[C@@H](C3)C2. The van der Waals surface area contributed by atoms with Gasteiger partial charge in [-0.15, -0.1) is 0 Å². The van der Waals surface area contributed by atoms with Gasteiger partial charge in [0, 0.05) is 18.3 Å². The Morgan fingerprint density at radius 3 is 2.61 bits per heavy atom. The average molecular weight is 374 g/mol. The van der Waals surface area contributed by atoms with Crippen molar-refractivity contribution in [2.75, 3.05) is 17.2 Å². The second-order valence-corrected chi connectivity index (χ2v) is 8.96. The van der Waals surface area contributed by atoms with Crippen molar-refractivity contribution in [1.29, 1.82) is 5.26 Å². The zero-order valence-corrected chi connectivity index (χ0v) is 15.9. The van der Waals surface area contributed by atoms with Gasteiger partial charge in [0.25, 0.3) is 0 Å². The van der Waals surface area contributed by atoms with Crippen LogP contribution in [0.15, 0.2) is 36.5 Å². The third kappa shape index (κ3) is 3.10. The first-order valence-electron chi connectivity index (χ1n) is 10.2. The maximum Gasteiger partial charge on any atom is 0.229 e. The second-order valence-electron chi connectivity index (χ2n) is 8.96. The predicted octanol–water partition coefficient (Wildman–Crippen LogP) is 3.66. The largest absolute Gasteiger partial charge is 0.368 e. The van der Waals surface area contributed by atoms with Crippen LogP contribution in [0.2, 0.25) is 0 Å². The Balaban J connectivity index is 1.34. The number of rotatable bonds is 5. The van der Waals surface area contributed by atoms with E-state index in [9.17, 15) is 5.26 Å². The Bertz CT molecular complexity index is 889. The summed E-state index contributed by atoms with van der Waals surface area (Å²) in [5.74, 6) is 3.29. The fourth-order valence-corrected chi connectivity index (χ4v) is 6.03. The molecule has 3 unspecified atom stereocenters. The zero-order valence-electron chi connectivity index (χ0n) is 15.9. The zero-order chi connectivity index (χ0) is 19.1. The van der Waals surface area contributed by atoms with Gasteiger partial charge in [0.1, 0.15) is 17.5 Å². The van der Waals surface area contributed by atoms with Crippen molar-refractivity contribution in [2.45, 2.75) is 38.1 Å². The van der Waals surface area contributed by atoms with Crippen molar-refractivity contribution in [1.82, 2.24) is 9.97 Å². The summed E-state index contributed by atoms with van der Waals surface area (Å²) < 4.78 is 0. The number of nitrogens with zero attached hydrogens (tertiary/aromatic N) is 3. The molecule has 6 heteroatoms. The number of nitriles is 1. The van der Waals surface area contributed by atoms with Crippen molar-refractivity contribution >= 4 is 17.5 Å². The van der Waals surface area contributed by atoms with Gasteiger partial charge < -0.3 is 16.4 Å². The van der Waals surface area contributed by atoms with Crippen molar-refractivity contribution in [2.24, 2.45) is 28.9 Å². The first kappa shape index (κ1) is 17.4. The first-order valence-corrected chi connectivity index (χ1v) is 10.2. The van der Waals surface area contributed by atoms with Crippen LogP contribution in [0.4, 0.5) is 17.5 Å². The van der Waals surface area contributed by atoms with Gasteiger partial charge in [-0.3, -0.25) is 0 Å². The van der Waals surface area contributed by atoms with Crippen LogP contribution in [0.1, 0.15) is 37.7 Å². The lowest BCUT2D eigenvalue weighted by atomic mass is 9.48. The quantitative estimate of drug-likeness (QED) is 0.739. The number of hydrogen-bond donors (Lipinski definition) is 3. The molecule has 4 saturated carbocycles. The van der Waals surface area contributed by atoms with E-state index < -0.39 is 0 Å². The molecule has 4 aliphatic rings. The molecule has 0 aliphatic heterocycles. The van der Waals surface area contributed by atoms with E-state index in [1.165, 1.54) is 32.1 Å². The Kier molecular flexibility index (Phi) is 4.21. The molecule has 1 aromatic carbocycles. The number of aromatic nitrogens is 2. The Labute approximate surface area is 165 Å². The third-order valence-corrected chi connectivity index (χ3v) is 7.04. The van der Waals surface area contributed by atoms with Crippen molar-refractivity contribution in [3.05, 3.63) is 42.1 Å². The summed E-state index contributed by atoms with van der Waals surface area (Å²) in [5.41, 5.74) is 8.19. The predicted molar refractivity (Wildman–Crippen MR) is 109 cm³/mol. The second kappa shape index (κ2) is 6.75. The monoisotopic (exact) mass is 374 g/mol. The number of hydrogen-bond acceptors (Lipinski definition) is 6. The van der Waals surface area contributed by atoms with Crippen molar-refractivity contribution in [3.8, 4) is 6.07 Å². The Hall–Kier alpha value is -2.65. The van der Waals surface area contributed by atoms with E-state index in [4.69, 9.17) is 5.73 Å². The molecule has 2 aromatic rings. The normalized spacial score (nSPS) is 32.7. The van der Waals surface area contributed by atoms with Gasteiger partial charge in [-0.1, -0.05) is 18.2 Å². The minimum Gasteiger partial charge on any atom is -0.368 e. The van der Waals surface area contributed by atoms with Crippen LogP contribution in [-0.2, 0) is 0 Å². The van der Waals surface area contributed by atoms with Crippen LogP contribution in [-0.4, -0.2) is 22.6 Å².